The van der Waals surface area contributed by atoms with Gasteiger partial charge in [0.2, 0.25) is 0 Å². The van der Waals surface area contributed by atoms with Gasteiger partial charge in [0.15, 0.2) is 0 Å². The largest absolute Gasteiger partial charge is 0.491 e. The summed E-state index contributed by atoms with van der Waals surface area (Å²) in [4.78, 5) is 10.6. The van der Waals surface area contributed by atoms with Crippen molar-refractivity contribution in [2.75, 3.05) is 6.61 Å². The van der Waals surface area contributed by atoms with E-state index in [2.05, 4.69) is 13.8 Å². The van der Waals surface area contributed by atoms with Crippen LogP contribution in [0.1, 0.15) is 32.3 Å². The Morgan fingerprint density at radius 1 is 1.40 bits per heavy atom. The van der Waals surface area contributed by atoms with Gasteiger partial charge in [0.1, 0.15) is 5.75 Å². The number of aliphatic carboxylic acids is 1. The molecule has 0 fully saturated rings. The lowest BCUT2D eigenvalue weighted by molar-refractivity contribution is -0.131. The summed E-state index contributed by atoms with van der Waals surface area (Å²) < 4.78 is 5.67. The van der Waals surface area contributed by atoms with Crippen LogP contribution in [-0.4, -0.2) is 17.7 Å². The molecule has 3 nitrogen and oxygen atoms in total. The molecule has 0 saturated carbocycles. The highest BCUT2D eigenvalue weighted by atomic mass is 35.5. The van der Waals surface area contributed by atoms with Crippen molar-refractivity contribution in [2.45, 2.75) is 26.7 Å². The minimum absolute atomic E-state index is 0.382. The molecule has 0 aliphatic carbocycles. The number of halogens is 2. The Labute approximate surface area is 129 Å². The number of rotatable bonds is 7. The first-order valence-electron chi connectivity index (χ1n) is 6.43. The van der Waals surface area contributed by atoms with Crippen molar-refractivity contribution in [3.8, 4) is 5.75 Å². The predicted octanol–water partition coefficient (Wildman–Crippen LogP) is 4.91. The molecule has 0 radical (unpaired) electrons. The zero-order chi connectivity index (χ0) is 15.1. The molecule has 1 rings (SSSR count). The summed E-state index contributed by atoms with van der Waals surface area (Å²) in [7, 11) is 0. The van der Waals surface area contributed by atoms with E-state index >= 15 is 0 Å². The summed E-state index contributed by atoms with van der Waals surface area (Å²) in [5.74, 6) is 0.0508. The number of hydrogen-bond donors (Lipinski definition) is 1. The van der Waals surface area contributed by atoms with Crippen LogP contribution < -0.4 is 4.74 Å². The average Bonchev–Trinajstić information content (AvgIpc) is 2.33. The molecular weight excluding hydrogens is 299 g/mol. The first-order chi connectivity index (χ1) is 9.40. The minimum Gasteiger partial charge on any atom is -0.491 e. The van der Waals surface area contributed by atoms with Crippen molar-refractivity contribution in [2.24, 2.45) is 5.92 Å². The Balaban J connectivity index is 2.84. The van der Waals surface area contributed by atoms with Crippen molar-refractivity contribution >= 4 is 35.2 Å². The van der Waals surface area contributed by atoms with Gasteiger partial charge in [0.05, 0.1) is 11.6 Å². The molecule has 0 saturated heterocycles. The standard InChI is InChI=1S/C15H18Cl2O3/c1-10(2)4-3-7-20-15-11(5-6-14(18)19)8-12(16)9-13(15)17/h5-6,8-10H,3-4,7H2,1-2H3,(H,18,19)/b6-5+. The van der Waals surface area contributed by atoms with Gasteiger partial charge in [-0.3, -0.25) is 0 Å². The molecule has 0 aliphatic heterocycles. The first-order valence-corrected chi connectivity index (χ1v) is 7.18. The molecule has 0 atom stereocenters. The highest BCUT2D eigenvalue weighted by molar-refractivity contribution is 6.35. The predicted molar refractivity (Wildman–Crippen MR) is 82.7 cm³/mol. The molecule has 1 aromatic carbocycles. The molecule has 0 unspecified atom stereocenters. The molecule has 0 spiro atoms. The van der Waals surface area contributed by atoms with Gasteiger partial charge in [-0.15, -0.1) is 0 Å². The van der Waals surface area contributed by atoms with Crippen LogP contribution in [0, 0.1) is 5.92 Å². The monoisotopic (exact) mass is 316 g/mol. The number of carbonyl (C=O) groups is 1. The molecule has 0 amide bonds. The molecular formula is C15H18Cl2O3. The summed E-state index contributed by atoms with van der Waals surface area (Å²) in [5, 5.41) is 9.51. The lowest BCUT2D eigenvalue weighted by Gasteiger charge is -2.12. The van der Waals surface area contributed by atoms with E-state index in [-0.39, 0.29) is 0 Å². The van der Waals surface area contributed by atoms with Gasteiger partial charge in [-0.2, -0.15) is 0 Å². The molecule has 0 heterocycles. The second-order valence-electron chi connectivity index (χ2n) is 4.86. The Bertz CT molecular complexity index is 496. The van der Waals surface area contributed by atoms with E-state index in [1.165, 1.54) is 6.08 Å². The van der Waals surface area contributed by atoms with Crippen molar-refractivity contribution in [1.82, 2.24) is 0 Å². The van der Waals surface area contributed by atoms with Gasteiger partial charge < -0.3 is 9.84 Å². The second-order valence-corrected chi connectivity index (χ2v) is 5.71. The van der Waals surface area contributed by atoms with Crippen LogP contribution in [0.5, 0.6) is 5.75 Å². The third kappa shape index (κ3) is 5.85. The van der Waals surface area contributed by atoms with Crippen molar-refractivity contribution in [3.05, 3.63) is 33.8 Å². The second kappa shape index (κ2) is 8.18. The first kappa shape index (κ1) is 16.9. The lowest BCUT2D eigenvalue weighted by atomic mass is 10.1. The van der Waals surface area contributed by atoms with Crippen LogP contribution in [0.4, 0.5) is 0 Å². The highest BCUT2D eigenvalue weighted by Crippen LogP contribution is 2.33. The summed E-state index contributed by atoms with van der Waals surface area (Å²) >= 11 is 12.0. The maximum atomic E-state index is 10.6. The Morgan fingerprint density at radius 2 is 2.10 bits per heavy atom. The molecule has 20 heavy (non-hydrogen) atoms. The Hall–Kier alpha value is -1.19. The normalized spacial score (nSPS) is 11.2. The van der Waals surface area contributed by atoms with Gasteiger partial charge in [0.25, 0.3) is 0 Å². The third-order valence-corrected chi connectivity index (χ3v) is 3.11. The fraction of sp³-hybridized carbons (Fsp3) is 0.400. The number of carboxylic acids is 1. The van der Waals surface area contributed by atoms with E-state index in [0.29, 0.717) is 33.9 Å². The minimum atomic E-state index is -1.04. The smallest absolute Gasteiger partial charge is 0.328 e. The van der Waals surface area contributed by atoms with Crippen molar-refractivity contribution < 1.29 is 14.6 Å². The maximum Gasteiger partial charge on any atom is 0.328 e. The summed E-state index contributed by atoms with van der Waals surface area (Å²) in [5.41, 5.74) is 0.564. The van der Waals surface area contributed by atoms with Crippen LogP contribution in [0.3, 0.4) is 0 Å². The third-order valence-electron chi connectivity index (χ3n) is 2.61. The van der Waals surface area contributed by atoms with Gasteiger partial charge in [-0.05, 0) is 37.0 Å². The van der Waals surface area contributed by atoms with Crippen LogP contribution >= 0.6 is 23.2 Å². The van der Waals surface area contributed by atoms with E-state index in [4.69, 9.17) is 33.0 Å². The van der Waals surface area contributed by atoms with Crippen LogP contribution in [0.2, 0.25) is 10.0 Å². The van der Waals surface area contributed by atoms with Gasteiger partial charge in [-0.1, -0.05) is 37.0 Å². The van der Waals surface area contributed by atoms with E-state index < -0.39 is 5.97 Å². The molecule has 5 heteroatoms. The SMILES string of the molecule is CC(C)CCCOc1c(Cl)cc(Cl)cc1/C=C/C(=O)O. The fourth-order valence-electron chi connectivity index (χ4n) is 1.68. The quantitative estimate of drug-likeness (QED) is 0.574. The van der Waals surface area contributed by atoms with Gasteiger partial charge in [0, 0.05) is 16.7 Å². The van der Waals surface area contributed by atoms with Gasteiger partial charge in [-0.25, -0.2) is 4.79 Å². The number of ether oxygens (including phenoxy) is 1. The molecule has 1 aromatic rings. The Kier molecular flexibility index (Phi) is 6.89. The Morgan fingerprint density at radius 3 is 2.70 bits per heavy atom. The van der Waals surface area contributed by atoms with E-state index in [0.717, 1.165) is 18.9 Å². The zero-order valence-corrected chi connectivity index (χ0v) is 13.0. The van der Waals surface area contributed by atoms with Crippen LogP contribution in [0.25, 0.3) is 6.08 Å². The molecule has 0 aliphatic rings. The fourth-order valence-corrected chi connectivity index (χ4v) is 2.25. The summed E-state index contributed by atoms with van der Waals surface area (Å²) in [6.07, 6.45) is 4.44. The molecule has 0 aromatic heterocycles. The molecule has 1 N–H and O–H groups in total. The van der Waals surface area contributed by atoms with Crippen molar-refractivity contribution in [1.29, 1.82) is 0 Å². The number of hydrogen-bond acceptors (Lipinski definition) is 2. The van der Waals surface area contributed by atoms with Crippen LogP contribution in [-0.2, 0) is 4.79 Å². The zero-order valence-electron chi connectivity index (χ0n) is 11.5. The van der Waals surface area contributed by atoms with Crippen LogP contribution in [0.15, 0.2) is 18.2 Å². The lowest BCUT2D eigenvalue weighted by Crippen LogP contribution is -2.01. The molecule has 110 valence electrons. The topological polar surface area (TPSA) is 46.5 Å². The van der Waals surface area contributed by atoms with E-state index in [1.807, 2.05) is 0 Å². The molecule has 0 bridgehead atoms. The summed E-state index contributed by atoms with van der Waals surface area (Å²) in [6.45, 7) is 4.83. The van der Waals surface area contributed by atoms with E-state index in [1.54, 1.807) is 12.1 Å². The van der Waals surface area contributed by atoms with Gasteiger partial charge >= 0.3 is 5.97 Å². The number of benzene rings is 1. The van der Waals surface area contributed by atoms with E-state index in [9.17, 15) is 4.79 Å². The van der Waals surface area contributed by atoms with Crippen molar-refractivity contribution in [3.63, 3.8) is 0 Å². The highest BCUT2D eigenvalue weighted by Gasteiger charge is 2.09. The maximum absolute atomic E-state index is 10.6. The average molecular weight is 317 g/mol. The summed E-state index contributed by atoms with van der Waals surface area (Å²) in [6, 6.07) is 3.21. The number of carboxylic acid groups (broad SMARTS) is 1.